The van der Waals surface area contributed by atoms with Gasteiger partial charge in [-0.15, -0.1) is 0 Å². The van der Waals surface area contributed by atoms with Gasteiger partial charge in [0.25, 0.3) is 0 Å². The SMILES string of the molecule is CCCC(N=C=O)C(CN=C=O)C(CC)N=C=O. The summed E-state index contributed by atoms with van der Waals surface area (Å²) in [7, 11) is 0. The lowest BCUT2D eigenvalue weighted by Gasteiger charge is -2.24. The van der Waals surface area contributed by atoms with E-state index in [1.54, 1.807) is 0 Å². The summed E-state index contributed by atoms with van der Waals surface area (Å²) in [6.07, 6.45) is 6.54. The van der Waals surface area contributed by atoms with E-state index in [-0.39, 0.29) is 24.5 Å². The summed E-state index contributed by atoms with van der Waals surface area (Å²) in [6, 6.07) is -0.695. The van der Waals surface area contributed by atoms with Gasteiger partial charge in [-0.05, 0) is 12.8 Å². The van der Waals surface area contributed by atoms with Gasteiger partial charge >= 0.3 is 0 Å². The molecular weight excluding hydrogens is 234 g/mol. The molecule has 0 aliphatic rings. The summed E-state index contributed by atoms with van der Waals surface area (Å²) in [5, 5.41) is 0. The molecule has 3 atom stereocenters. The Morgan fingerprint density at radius 2 is 1.56 bits per heavy atom. The maximum Gasteiger partial charge on any atom is 0.235 e. The van der Waals surface area contributed by atoms with Crippen molar-refractivity contribution in [1.29, 1.82) is 0 Å². The zero-order valence-electron chi connectivity index (χ0n) is 10.6. The molecule has 98 valence electrons. The van der Waals surface area contributed by atoms with E-state index in [4.69, 9.17) is 0 Å². The van der Waals surface area contributed by atoms with Gasteiger partial charge in [-0.2, -0.15) is 0 Å². The zero-order valence-corrected chi connectivity index (χ0v) is 10.6. The van der Waals surface area contributed by atoms with Crippen molar-refractivity contribution in [3.63, 3.8) is 0 Å². The first-order chi connectivity index (χ1) is 8.74. The normalized spacial score (nSPS) is 14.3. The van der Waals surface area contributed by atoms with E-state index in [2.05, 4.69) is 15.0 Å². The van der Waals surface area contributed by atoms with E-state index >= 15 is 0 Å². The molecule has 0 spiro atoms. The van der Waals surface area contributed by atoms with Crippen molar-refractivity contribution in [1.82, 2.24) is 0 Å². The van der Waals surface area contributed by atoms with Gasteiger partial charge in [-0.1, -0.05) is 20.3 Å². The smallest absolute Gasteiger partial charge is 0.211 e. The summed E-state index contributed by atoms with van der Waals surface area (Å²) in [5.41, 5.74) is 0. The lowest BCUT2D eigenvalue weighted by atomic mass is 9.88. The molecule has 18 heavy (non-hydrogen) atoms. The molecule has 0 rings (SSSR count). The third-order valence-corrected chi connectivity index (χ3v) is 2.79. The average molecular weight is 251 g/mol. The predicted octanol–water partition coefficient (Wildman–Crippen LogP) is 1.56. The summed E-state index contributed by atoms with van der Waals surface area (Å²) < 4.78 is 0. The van der Waals surface area contributed by atoms with E-state index in [0.29, 0.717) is 12.8 Å². The highest BCUT2D eigenvalue weighted by Crippen LogP contribution is 2.22. The maximum absolute atomic E-state index is 10.4. The number of aliphatic imine (C=N–C) groups is 3. The Hall–Kier alpha value is -1.86. The topological polar surface area (TPSA) is 88.3 Å². The van der Waals surface area contributed by atoms with Gasteiger partial charge in [0.15, 0.2) is 0 Å². The van der Waals surface area contributed by atoms with Crippen LogP contribution in [0.4, 0.5) is 0 Å². The van der Waals surface area contributed by atoms with Crippen molar-refractivity contribution in [2.45, 2.75) is 45.2 Å². The Bertz CT molecular complexity index is 378. The summed E-state index contributed by atoms with van der Waals surface area (Å²) in [5.74, 6) is -0.278. The quantitative estimate of drug-likeness (QED) is 0.460. The Kier molecular flexibility index (Phi) is 9.24. The Morgan fingerprint density at radius 1 is 0.944 bits per heavy atom. The molecule has 0 aromatic carbocycles. The number of isocyanates is 3. The minimum atomic E-state index is -0.353. The van der Waals surface area contributed by atoms with Gasteiger partial charge < -0.3 is 0 Å². The first-order valence-electron chi connectivity index (χ1n) is 5.92. The molecule has 0 saturated carbocycles. The van der Waals surface area contributed by atoms with Crippen LogP contribution in [0, 0.1) is 5.92 Å². The van der Waals surface area contributed by atoms with Crippen LogP contribution in [0.5, 0.6) is 0 Å². The molecule has 0 radical (unpaired) electrons. The molecule has 0 fully saturated rings. The number of nitrogens with zero attached hydrogens (tertiary/aromatic N) is 3. The van der Waals surface area contributed by atoms with Crippen molar-refractivity contribution in [3.8, 4) is 0 Å². The maximum atomic E-state index is 10.4. The van der Waals surface area contributed by atoms with Gasteiger partial charge in [0.2, 0.25) is 18.2 Å². The highest BCUT2D eigenvalue weighted by molar-refractivity contribution is 5.35. The van der Waals surface area contributed by atoms with Crippen LogP contribution in [-0.2, 0) is 14.4 Å². The second-order valence-electron chi connectivity index (χ2n) is 3.87. The molecule has 0 aliphatic carbocycles. The van der Waals surface area contributed by atoms with E-state index in [9.17, 15) is 14.4 Å². The lowest BCUT2D eigenvalue weighted by molar-refractivity contribution is 0.336. The van der Waals surface area contributed by atoms with Crippen molar-refractivity contribution in [2.75, 3.05) is 6.54 Å². The standard InChI is InChI=1S/C12H17N3O3/c1-3-5-12(15-9-18)10(6-13-7-16)11(4-2)14-8-17/h10-12H,3-6H2,1-2H3. The Labute approximate surface area is 106 Å². The molecule has 0 aromatic heterocycles. The Balaban J connectivity index is 5.17. The second kappa shape index (κ2) is 10.3. The van der Waals surface area contributed by atoms with E-state index < -0.39 is 0 Å². The molecule has 6 nitrogen and oxygen atoms in total. The number of carbonyl (C=O) groups excluding carboxylic acids is 3. The van der Waals surface area contributed by atoms with Crippen LogP contribution >= 0.6 is 0 Å². The van der Waals surface area contributed by atoms with Crippen molar-refractivity contribution >= 4 is 18.2 Å². The van der Waals surface area contributed by atoms with Gasteiger partial charge in [-0.25, -0.2) is 29.4 Å². The van der Waals surface area contributed by atoms with Crippen molar-refractivity contribution < 1.29 is 14.4 Å². The summed E-state index contributed by atoms with van der Waals surface area (Å²) >= 11 is 0. The summed E-state index contributed by atoms with van der Waals surface area (Å²) in [6.45, 7) is 3.96. The first kappa shape index (κ1) is 16.1. The monoisotopic (exact) mass is 251 g/mol. The molecule has 0 amide bonds. The van der Waals surface area contributed by atoms with E-state index in [0.717, 1.165) is 6.42 Å². The highest BCUT2D eigenvalue weighted by Gasteiger charge is 2.28. The average Bonchev–Trinajstić information content (AvgIpc) is 2.38. The van der Waals surface area contributed by atoms with Crippen LogP contribution in [0.1, 0.15) is 33.1 Å². The minimum Gasteiger partial charge on any atom is -0.211 e. The zero-order chi connectivity index (χ0) is 13.8. The fraction of sp³-hybridized carbons (Fsp3) is 0.750. The largest absolute Gasteiger partial charge is 0.235 e. The van der Waals surface area contributed by atoms with E-state index in [1.807, 2.05) is 13.8 Å². The molecular formula is C12H17N3O3. The third kappa shape index (κ3) is 5.46. The lowest BCUT2D eigenvalue weighted by Crippen LogP contribution is -2.32. The highest BCUT2D eigenvalue weighted by atomic mass is 16.1. The number of hydrogen-bond donors (Lipinski definition) is 0. The molecule has 3 unspecified atom stereocenters. The molecule has 0 aliphatic heterocycles. The molecule has 0 N–H and O–H groups in total. The molecule has 0 saturated heterocycles. The van der Waals surface area contributed by atoms with E-state index in [1.165, 1.54) is 18.2 Å². The number of hydrogen-bond acceptors (Lipinski definition) is 6. The first-order valence-corrected chi connectivity index (χ1v) is 5.92. The minimum absolute atomic E-state index is 0.142. The van der Waals surface area contributed by atoms with Crippen molar-refractivity contribution in [3.05, 3.63) is 0 Å². The predicted molar refractivity (Wildman–Crippen MR) is 65.5 cm³/mol. The van der Waals surface area contributed by atoms with Gasteiger partial charge in [0.1, 0.15) is 0 Å². The Morgan fingerprint density at radius 3 is 2.00 bits per heavy atom. The van der Waals surface area contributed by atoms with Gasteiger partial charge in [0.05, 0.1) is 18.6 Å². The van der Waals surface area contributed by atoms with Crippen molar-refractivity contribution in [2.24, 2.45) is 20.9 Å². The van der Waals surface area contributed by atoms with Crippen LogP contribution in [0.15, 0.2) is 15.0 Å². The van der Waals surface area contributed by atoms with Gasteiger partial charge in [0, 0.05) is 5.92 Å². The molecule has 0 bridgehead atoms. The third-order valence-electron chi connectivity index (χ3n) is 2.79. The second-order valence-corrected chi connectivity index (χ2v) is 3.87. The van der Waals surface area contributed by atoms with Crippen LogP contribution < -0.4 is 0 Å². The van der Waals surface area contributed by atoms with Crippen LogP contribution in [0.25, 0.3) is 0 Å². The molecule has 0 heterocycles. The summed E-state index contributed by atoms with van der Waals surface area (Å²) in [4.78, 5) is 42.0. The fourth-order valence-electron chi connectivity index (χ4n) is 1.94. The van der Waals surface area contributed by atoms with Crippen LogP contribution in [0.2, 0.25) is 0 Å². The van der Waals surface area contributed by atoms with Crippen LogP contribution in [0.3, 0.4) is 0 Å². The molecule has 6 heteroatoms. The van der Waals surface area contributed by atoms with Gasteiger partial charge in [-0.3, -0.25) is 0 Å². The van der Waals surface area contributed by atoms with Crippen LogP contribution in [-0.4, -0.2) is 36.9 Å². The fourth-order valence-corrected chi connectivity index (χ4v) is 1.94. The number of rotatable bonds is 9. The molecule has 0 aromatic rings.